The summed E-state index contributed by atoms with van der Waals surface area (Å²) in [6.07, 6.45) is 2.61. The van der Waals surface area contributed by atoms with Gasteiger partial charge in [0.25, 0.3) is 0 Å². The van der Waals surface area contributed by atoms with E-state index in [9.17, 15) is 18.0 Å². The average Bonchev–Trinajstić information content (AvgIpc) is 3.50. The number of hydrogen-bond donors (Lipinski definition) is 0. The third kappa shape index (κ3) is 5.75. The van der Waals surface area contributed by atoms with E-state index >= 15 is 0 Å². The number of aromatic nitrogens is 3. The smallest absolute Gasteiger partial charge is 0.341 e. The number of aryl methyl sites for hydroxylation is 2. The number of nitrogens with zero attached hydrogens (tertiary/aromatic N) is 5. The summed E-state index contributed by atoms with van der Waals surface area (Å²) in [5, 5.41) is 4.69. The number of fused-ring (bicyclic) bond motifs is 1. The quantitative estimate of drug-likeness (QED) is 0.417. The van der Waals surface area contributed by atoms with Gasteiger partial charge in [0.1, 0.15) is 6.54 Å². The molecule has 10 heteroatoms. The molecule has 0 spiro atoms. The number of likely N-dealkylation sites (tertiary alicyclic amines) is 1. The van der Waals surface area contributed by atoms with E-state index < -0.39 is 11.9 Å². The maximum absolute atomic E-state index is 12.9. The zero-order chi connectivity index (χ0) is 26.2. The lowest BCUT2D eigenvalue weighted by Gasteiger charge is -2.33. The molecule has 0 saturated carbocycles. The van der Waals surface area contributed by atoms with Crippen molar-refractivity contribution in [2.75, 3.05) is 20.1 Å². The summed E-state index contributed by atoms with van der Waals surface area (Å²) in [7, 11) is 2.19. The first-order valence-electron chi connectivity index (χ1n) is 12.8. The minimum atomic E-state index is -4.51. The van der Waals surface area contributed by atoms with Crippen LogP contribution < -0.4 is 0 Å². The van der Waals surface area contributed by atoms with Crippen LogP contribution in [-0.4, -0.2) is 50.6 Å². The fourth-order valence-electron chi connectivity index (χ4n) is 5.54. The van der Waals surface area contributed by atoms with Crippen LogP contribution >= 0.6 is 11.3 Å². The second-order valence-corrected chi connectivity index (χ2v) is 11.3. The number of rotatable bonds is 6. The Hall–Kier alpha value is -2.72. The monoisotopic (exact) mass is 531 g/mol. The van der Waals surface area contributed by atoms with Gasteiger partial charge >= 0.3 is 6.18 Å². The van der Waals surface area contributed by atoms with Crippen molar-refractivity contribution >= 4 is 17.2 Å². The van der Waals surface area contributed by atoms with Gasteiger partial charge in [-0.3, -0.25) is 14.4 Å². The van der Waals surface area contributed by atoms with Gasteiger partial charge in [0.2, 0.25) is 5.91 Å². The van der Waals surface area contributed by atoms with Crippen LogP contribution in [0.3, 0.4) is 0 Å². The van der Waals surface area contributed by atoms with Crippen LogP contribution in [0.2, 0.25) is 0 Å². The zero-order valence-electron chi connectivity index (χ0n) is 21.2. The molecule has 1 aromatic carbocycles. The summed E-state index contributed by atoms with van der Waals surface area (Å²) in [5.74, 6) is 0.0966. The highest BCUT2D eigenvalue weighted by Crippen LogP contribution is 2.36. The number of thiazole rings is 1. The first-order chi connectivity index (χ1) is 17.7. The van der Waals surface area contributed by atoms with Crippen LogP contribution in [-0.2, 0) is 30.5 Å². The van der Waals surface area contributed by atoms with Gasteiger partial charge in [0.05, 0.1) is 5.01 Å². The van der Waals surface area contributed by atoms with Crippen molar-refractivity contribution in [3.05, 3.63) is 68.9 Å². The number of benzene rings is 1. The highest BCUT2D eigenvalue weighted by atomic mass is 32.1. The second kappa shape index (κ2) is 10.6. The van der Waals surface area contributed by atoms with E-state index in [1.807, 2.05) is 6.20 Å². The number of piperidine rings is 1. The molecule has 198 valence electrons. The minimum absolute atomic E-state index is 0.176. The Balaban J connectivity index is 1.15. The van der Waals surface area contributed by atoms with Gasteiger partial charge in [0, 0.05) is 48.4 Å². The fourth-order valence-corrected chi connectivity index (χ4v) is 6.69. The summed E-state index contributed by atoms with van der Waals surface area (Å²) < 4.78 is 39.9. The van der Waals surface area contributed by atoms with E-state index in [4.69, 9.17) is 4.98 Å². The van der Waals surface area contributed by atoms with E-state index in [1.165, 1.54) is 35.8 Å². The first kappa shape index (κ1) is 25.9. The maximum Gasteiger partial charge on any atom is 0.435 e. The number of carbonyl (C=O) groups is 1. The molecular weight excluding hydrogens is 499 g/mol. The van der Waals surface area contributed by atoms with Crippen molar-refractivity contribution in [1.29, 1.82) is 0 Å². The Bertz CT molecular complexity index is 1240. The van der Waals surface area contributed by atoms with E-state index in [0.29, 0.717) is 30.7 Å². The molecule has 6 nitrogen and oxygen atoms in total. The molecule has 1 aliphatic heterocycles. The number of carbonyl (C=O) groups excluding carboxylic acids is 1. The van der Waals surface area contributed by atoms with Gasteiger partial charge in [-0.25, -0.2) is 4.98 Å². The van der Waals surface area contributed by atoms with Crippen LogP contribution in [0.4, 0.5) is 13.2 Å². The van der Waals surface area contributed by atoms with Gasteiger partial charge in [-0.15, -0.1) is 11.3 Å². The van der Waals surface area contributed by atoms with Crippen LogP contribution in [0, 0.1) is 6.92 Å². The molecule has 0 N–H and O–H groups in total. The molecule has 0 unspecified atom stereocenters. The zero-order valence-corrected chi connectivity index (χ0v) is 22.0. The van der Waals surface area contributed by atoms with E-state index in [0.717, 1.165) is 41.6 Å². The molecular formula is C27H32F3N5OS. The third-order valence-corrected chi connectivity index (χ3v) is 8.74. The lowest BCUT2D eigenvalue weighted by Crippen LogP contribution is -2.40. The van der Waals surface area contributed by atoms with Crippen molar-refractivity contribution in [3.63, 3.8) is 0 Å². The summed E-state index contributed by atoms with van der Waals surface area (Å²) in [5.41, 5.74) is 2.26. The van der Waals surface area contributed by atoms with Gasteiger partial charge in [-0.1, -0.05) is 24.3 Å². The van der Waals surface area contributed by atoms with Crippen molar-refractivity contribution < 1.29 is 18.0 Å². The molecule has 1 atom stereocenters. The normalized spacial score (nSPS) is 18.9. The molecule has 5 rings (SSSR count). The van der Waals surface area contributed by atoms with Crippen molar-refractivity contribution in [3.8, 4) is 0 Å². The summed E-state index contributed by atoms with van der Waals surface area (Å²) in [4.78, 5) is 22.9. The van der Waals surface area contributed by atoms with Crippen molar-refractivity contribution in [2.45, 2.75) is 70.3 Å². The predicted molar refractivity (Wildman–Crippen MR) is 136 cm³/mol. The average molecular weight is 532 g/mol. The molecule has 0 bridgehead atoms. The molecule has 3 aromatic rings. The summed E-state index contributed by atoms with van der Waals surface area (Å²) in [6, 6.07) is 10.2. The van der Waals surface area contributed by atoms with Gasteiger partial charge in [-0.2, -0.15) is 18.3 Å². The lowest BCUT2D eigenvalue weighted by atomic mass is 9.87. The Morgan fingerprint density at radius 3 is 2.68 bits per heavy atom. The predicted octanol–water partition coefficient (Wildman–Crippen LogP) is 5.58. The number of hydrogen-bond acceptors (Lipinski definition) is 5. The molecule has 3 heterocycles. The minimum Gasteiger partial charge on any atom is -0.341 e. The molecule has 2 aromatic heterocycles. The van der Waals surface area contributed by atoms with Gasteiger partial charge in [-0.05, 0) is 63.3 Å². The van der Waals surface area contributed by atoms with Crippen LogP contribution in [0.5, 0.6) is 0 Å². The Kier molecular flexibility index (Phi) is 7.40. The Morgan fingerprint density at radius 2 is 1.95 bits per heavy atom. The van der Waals surface area contributed by atoms with E-state index in [2.05, 4.69) is 41.3 Å². The molecule has 2 aliphatic rings. The summed E-state index contributed by atoms with van der Waals surface area (Å²) >= 11 is 1.76. The van der Waals surface area contributed by atoms with Gasteiger partial charge < -0.3 is 4.90 Å². The SMILES string of the molecule is Cc1cc(C(F)(F)F)nn1CC(=O)N1CCC(c2ncc(CN(C)[C@@H]3CCCc4ccccc43)s2)CC1. The Morgan fingerprint density at radius 1 is 1.19 bits per heavy atom. The molecule has 1 fully saturated rings. The topological polar surface area (TPSA) is 54.3 Å². The molecule has 37 heavy (non-hydrogen) atoms. The van der Waals surface area contributed by atoms with E-state index in [1.54, 1.807) is 16.2 Å². The summed E-state index contributed by atoms with van der Waals surface area (Å²) in [6.45, 7) is 3.36. The standard InChI is InChI=1S/C27H32F3N5OS/c1-18-14-24(27(28,29)30)32-35(18)17-25(36)34-12-10-20(11-13-34)26-31-15-21(37-26)16-33(2)23-9-5-7-19-6-3-4-8-22(19)23/h3-4,6,8,14-15,20,23H,5,7,9-13,16-17H2,1-2H3/t23-/m1/s1. The first-order valence-corrected chi connectivity index (χ1v) is 13.6. The molecule has 1 saturated heterocycles. The number of amides is 1. The lowest BCUT2D eigenvalue weighted by molar-refractivity contribution is -0.142. The molecule has 1 amide bonds. The number of halogens is 3. The van der Waals surface area contributed by atoms with Crippen LogP contribution in [0.25, 0.3) is 0 Å². The Labute approximate surface area is 219 Å². The van der Waals surface area contributed by atoms with Crippen molar-refractivity contribution in [1.82, 2.24) is 24.6 Å². The molecule has 1 aliphatic carbocycles. The highest BCUT2D eigenvalue weighted by Gasteiger charge is 2.35. The maximum atomic E-state index is 12.9. The third-order valence-electron chi connectivity index (χ3n) is 7.60. The van der Waals surface area contributed by atoms with Gasteiger partial charge in [0.15, 0.2) is 5.69 Å². The fraction of sp³-hybridized carbons (Fsp3) is 0.519. The number of alkyl halides is 3. The second-order valence-electron chi connectivity index (χ2n) is 10.2. The van der Waals surface area contributed by atoms with Crippen molar-refractivity contribution in [2.24, 2.45) is 0 Å². The largest absolute Gasteiger partial charge is 0.435 e. The highest BCUT2D eigenvalue weighted by molar-refractivity contribution is 7.11. The van der Waals surface area contributed by atoms with E-state index in [-0.39, 0.29) is 12.5 Å². The van der Waals surface area contributed by atoms with Crippen LogP contribution in [0.15, 0.2) is 36.5 Å². The molecule has 0 radical (unpaired) electrons. The van der Waals surface area contributed by atoms with Crippen LogP contribution in [0.1, 0.15) is 70.0 Å².